The second-order valence-electron chi connectivity index (χ2n) is 5.23. The molecule has 0 aromatic heterocycles. The summed E-state index contributed by atoms with van der Waals surface area (Å²) in [6.07, 6.45) is 0.897. The predicted octanol–water partition coefficient (Wildman–Crippen LogP) is 2.62. The Kier molecular flexibility index (Phi) is 4.02. The third-order valence-corrected chi connectivity index (χ3v) is 3.95. The number of carboxylic acids is 1. The van der Waals surface area contributed by atoms with E-state index < -0.39 is 5.97 Å². The van der Waals surface area contributed by atoms with Crippen molar-refractivity contribution in [3.8, 4) is 0 Å². The maximum Gasteiger partial charge on any atom is 0.308 e. The van der Waals surface area contributed by atoms with E-state index in [1.54, 1.807) is 0 Å². The lowest BCUT2D eigenvalue weighted by Gasteiger charge is -2.25. The van der Waals surface area contributed by atoms with Crippen molar-refractivity contribution in [1.82, 2.24) is 4.90 Å². The summed E-state index contributed by atoms with van der Waals surface area (Å²) in [5.74, 6) is -0.639. The van der Waals surface area contributed by atoms with Crippen molar-refractivity contribution in [3.63, 3.8) is 0 Å². The van der Waals surface area contributed by atoms with E-state index in [4.69, 9.17) is 0 Å². The van der Waals surface area contributed by atoms with Crippen molar-refractivity contribution < 1.29 is 9.90 Å². The SMILES string of the molecule is CC[C@@H]1[C@@H](C(=O)O)C(C)CN1Cc1ccccc1. The zero-order chi connectivity index (χ0) is 13.1. The Balaban J connectivity index is 2.12. The van der Waals surface area contributed by atoms with Crippen LogP contribution in [0.1, 0.15) is 25.8 Å². The second kappa shape index (κ2) is 5.53. The highest BCUT2D eigenvalue weighted by molar-refractivity contribution is 5.71. The highest BCUT2D eigenvalue weighted by Gasteiger charge is 2.42. The molecule has 3 heteroatoms. The largest absolute Gasteiger partial charge is 0.481 e. The molecule has 98 valence electrons. The van der Waals surface area contributed by atoms with Gasteiger partial charge in [-0.1, -0.05) is 44.2 Å². The standard InChI is InChI=1S/C15H21NO2/c1-3-13-14(15(17)18)11(2)9-16(13)10-12-7-5-4-6-8-12/h4-8,11,13-14H,3,9-10H2,1-2H3,(H,17,18)/t11?,13-,14+/m1/s1. The van der Waals surface area contributed by atoms with Crippen LogP contribution in [0.2, 0.25) is 0 Å². The van der Waals surface area contributed by atoms with Gasteiger partial charge in [-0.05, 0) is 17.9 Å². The van der Waals surface area contributed by atoms with E-state index in [1.165, 1.54) is 5.56 Å². The van der Waals surface area contributed by atoms with Crippen LogP contribution in [0.15, 0.2) is 30.3 Å². The topological polar surface area (TPSA) is 40.5 Å². The highest BCUT2D eigenvalue weighted by atomic mass is 16.4. The van der Waals surface area contributed by atoms with E-state index in [9.17, 15) is 9.90 Å². The van der Waals surface area contributed by atoms with Gasteiger partial charge in [-0.25, -0.2) is 0 Å². The Morgan fingerprint density at radius 1 is 1.39 bits per heavy atom. The number of likely N-dealkylation sites (tertiary alicyclic amines) is 1. The van der Waals surface area contributed by atoms with Crippen LogP contribution >= 0.6 is 0 Å². The average Bonchev–Trinajstić information content (AvgIpc) is 2.66. The molecule has 3 atom stereocenters. The molecule has 0 amide bonds. The summed E-state index contributed by atoms with van der Waals surface area (Å²) in [6.45, 7) is 5.86. The summed E-state index contributed by atoms with van der Waals surface area (Å²) in [5, 5.41) is 9.34. The van der Waals surface area contributed by atoms with Gasteiger partial charge in [-0.2, -0.15) is 0 Å². The smallest absolute Gasteiger partial charge is 0.308 e. The molecule has 1 aliphatic heterocycles. The third kappa shape index (κ3) is 2.56. The molecule has 18 heavy (non-hydrogen) atoms. The van der Waals surface area contributed by atoms with Gasteiger partial charge in [0.1, 0.15) is 0 Å². The molecular weight excluding hydrogens is 226 g/mol. The molecular formula is C15H21NO2. The van der Waals surface area contributed by atoms with E-state index in [0.717, 1.165) is 19.5 Å². The Morgan fingerprint density at radius 2 is 2.06 bits per heavy atom. The first kappa shape index (κ1) is 13.1. The van der Waals surface area contributed by atoms with E-state index in [2.05, 4.69) is 24.0 Å². The van der Waals surface area contributed by atoms with E-state index in [-0.39, 0.29) is 17.9 Å². The Morgan fingerprint density at radius 3 is 2.61 bits per heavy atom. The first-order chi connectivity index (χ1) is 8.63. The Bertz CT molecular complexity index is 404. The quantitative estimate of drug-likeness (QED) is 0.889. The second-order valence-corrected chi connectivity index (χ2v) is 5.23. The van der Waals surface area contributed by atoms with Gasteiger partial charge in [0.25, 0.3) is 0 Å². The van der Waals surface area contributed by atoms with Crippen LogP contribution < -0.4 is 0 Å². The Labute approximate surface area is 108 Å². The van der Waals surface area contributed by atoms with Crippen molar-refractivity contribution in [2.24, 2.45) is 11.8 Å². The molecule has 1 saturated heterocycles. The number of rotatable bonds is 4. The zero-order valence-corrected chi connectivity index (χ0v) is 11.0. The fraction of sp³-hybridized carbons (Fsp3) is 0.533. The van der Waals surface area contributed by atoms with Gasteiger partial charge in [0.05, 0.1) is 5.92 Å². The summed E-state index contributed by atoms with van der Waals surface area (Å²) < 4.78 is 0. The van der Waals surface area contributed by atoms with Crippen LogP contribution in [0, 0.1) is 11.8 Å². The lowest BCUT2D eigenvalue weighted by Crippen LogP contribution is -2.35. The van der Waals surface area contributed by atoms with Crippen molar-refractivity contribution >= 4 is 5.97 Å². The van der Waals surface area contributed by atoms with Gasteiger partial charge in [0, 0.05) is 19.1 Å². The molecule has 0 radical (unpaired) electrons. The van der Waals surface area contributed by atoms with Crippen LogP contribution in [0.4, 0.5) is 0 Å². The molecule has 1 aromatic carbocycles. The summed E-state index contributed by atoms with van der Waals surface area (Å²) >= 11 is 0. The number of benzene rings is 1. The molecule has 0 spiro atoms. The maximum atomic E-state index is 11.4. The van der Waals surface area contributed by atoms with Crippen LogP contribution in [0.25, 0.3) is 0 Å². The van der Waals surface area contributed by atoms with Gasteiger partial charge >= 0.3 is 5.97 Å². The molecule has 1 heterocycles. The van der Waals surface area contributed by atoms with E-state index >= 15 is 0 Å². The molecule has 0 aliphatic carbocycles. The molecule has 1 aliphatic rings. The van der Waals surface area contributed by atoms with Crippen LogP contribution in [0.3, 0.4) is 0 Å². The molecule has 1 aromatic rings. The normalized spacial score (nSPS) is 28.4. The number of carboxylic acid groups (broad SMARTS) is 1. The molecule has 0 bridgehead atoms. The average molecular weight is 247 g/mol. The van der Waals surface area contributed by atoms with Crippen molar-refractivity contribution in [3.05, 3.63) is 35.9 Å². The van der Waals surface area contributed by atoms with Crippen LogP contribution in [0.5, 0.6) is 0 Å². The molecule has 1 fully saturated rings. The van der Waals surface area contributed by atoms with Crippen LogP contribution in [-0.4, -0.2) is 28.6 Å². The summed E-state index contributed by atoms with van der Waals surface area (Å²) in [6, 6.07) is 10.4. The van der Waals surface area contributed by atoms with Gasteiger partial charge < -0.3 is 5.11 Å². The molecule has 1 N–H and O–H groups in total. The lowest BCUT2D eigenvalue weighted by molar-refractivity contribution is -0.143. The van der Waals surface area contributed by atoms with Gasteiger partial charge in [-0.15, -0.1) is 0 Å². The van der Waals surface area contributed by atoms with Gasteiger partial charge in [-0.3, -0.25) is 9.69 Å². The van der Waals surface area contributed by atoms with Crippen molar-refractivity contribution in [2.75, 3.05) is 6.54 Å². The predicted molar refractivity (Wildman–Crippen MR) is 71.2 cm³/mol. The number of aliphatic carboxylic acids is 1. The van der Waals surface area contributed by atoms with E-state index in [1.807, 2.05) is 25.1 Å². The molecule has 2 rings (SSSR count). The number of hydrogen-bond acceptors (Lipinski definition) is 2. The maximum absolute atomic E-state index is 11.4. The van der Waals surface area contributed by atoms with Crippen molar-refractivity contribution in [2.45, 2.75) is 32.9 Å². The summed E-state index contributed by atoms with van der Waals surface area (Å²) in [4.78, 5) is 13.7. The van der Waals surface area contributed by atoms with Crippen LogP contribution in [-0.2, 0) is 11.3 Å². The minimum Gasteiger partial charge on any atom is -0.481 e. The fourth-order valence-electron chi connectivity index (χ4n) is 3.15. The van der Waals surface area contributed by atoms with Gasteiger partial charge in [0.2, 0.25) is 0 Å². The minimum atomic E-state index is -0.648. The molecule has 1 unspecified atom stereocenters. The number of hydrogen-bond donors (Lipinski definition) is 1. The first-order valence-electron chi connectivity index (χ1n) is 6.64. The third-order valence-electron chi connectivity index (χ3n) is 3.95. The number of nitrogens with zero attached hydrogens (tertiary/aromatic N) is 1. The number of carbonyl (C=O) groups is 1. The zero-order valence-electron chi connectivity index (χ0n) is 11.0. The van der Waals surface area contributed by atoms with Gasteiger partial charge in [0.15, 0.2) is 0 Å². The lowest BCUT2D eigenvalue weighted by atomic mass is 9.91. The Hall–Kier alpha value is -1.35. The minimum absolute atomic E-state index is 0.165. The monoisotopic (exact) mass is 247 g/mol. The first-order valence-corrected chi connectivity index (χ1v) is 6.64. The molecule has 0 saturated carbocycles. The fourth-order valence-corrected chi connectivity index (χ4v) is 3.15. The van der Waals surface area contributed by atoms with E-state index in [0.29, 0.717) is 0 Å². The summed E-state index contributed by atoms with van der Waals surface area (Å²) in [5.41, 5.74) is 1.26. The highest BCUT2D eigenvalue weighted by Crippen LogP contribution is 2.32. The van der Waals surface area contributed by atoms with Crippen molar-refractivity contribution in [1.29, 1.82) is 0 Å². The molecule has 3 nitrogen and oxygen atoms in total. The summed E-state index contributed by atoms with van der Waals surface area (Å²) in [7, 11) is 0.